The Bertz CT molecular complexity index is 1600. The minimum atomic E-state index is 0. The monoisotopic (exact) mass is 497 g/mol. The molecule has 1 aromatic heterocycles. The van der Waals surface area contributed by atoms with Gasteiger partial charge in [-0.25, -0.2) is 0 Å². The summed E-state index contributed by atoms with van der Waals surface area (Å²) >= 11 is 0. The van der Waals surface area contributed by atoms with Crippen molar-refractivity contribution in [3.8, 4) is 11.1 Å². The zero-order chi connectivity index (χ0) is 25.8. The van der Waals surface area contributed by atoms with E-state index in [-0.39, 0.29) is 7.43 Å². The second-order valence-corrected chi connectivity index (χ2v) is 9.35. The number of allylic oxidation sites excluding steroid dienone is 1. The molecule has 0 atom stereocenters. The van der Waals surface area contributed by atoms with E-state index in [2.05, 4.69) is 115 Å². The molecule has 4 aromatic carbocycles. The normalized spacial score (nSPS) is 10.5. The van der Waals surface area contributed by atoms with Crippen molar-refractivity contribution in [1.82, 2.24) is 4.98 Å². The zero-order valence-corrected chi connectivity index (χ0v) is 21.4. The van der Waals surface area contributed by atoms with Gasteiger partial charge in [0.25, 0.3) is 0 Å². The summed E-state index contributed by atoms with van der Waals surface area (Å²) in [6.45, 7) is 13.6. The van der Waals surface area contributed by atoms with Gasteiger partial charge in [0.05, 0.1) is 0 Å². The number of anilines is 2. The molecule has 38 heavy (non-hydrogen) atoms. The third-order valence-electron chi connectivity index (χ3n) is 6.80. The SMILES string of the molecule is C.C=C(Nc1ccccc1C)C(=C)c1cc(-c2cncc3c(NCc4ccccc4)cccc23)ccc1C. The number of nitrogens with one attached hydrogen (secondary N) is 2. The van der Waals surface area contributed by atoms with Crippen LogP contribution in [0.4, 0.5) is 11.4 Å². The molecule has 190 valence electrons. The molecule has 3 nitrogen and oxygen atoms in total. The molecule has 0 spiro atoms. The number of nitrogens with zero attached hydrogens (tertiary/aromatic N) is 1. The van der Waals surface area contributed by atoms with Crippen LogP contribution in [-0.4, -0.2) is 4.98 Å². The van der Waals surface area contributed by atoms with Crippen LogP contribution in [-0.2, 0) is 6.54 Å². The molecule has 0 amide bonds. The summed E-state index contributed by atoms with van der Waals surface area (Å²) in [5, 5.41) is 9.29. The highest BCUT2D eigenvalue weighted by molar-refractivity contribution is 6.02. The number of aryl methyl sites for hydroxylation is 2. The van der Waals surface area contributed by atoms with Crippen LogP contribution in [0.1, 0.15) is 29.7 Å². The third kappa shape index (κ3) is 5.52. The van der Waals surface area contributed by atoms with Crippen molar-refractivity contribution in [1.29, 1.82) is 0 Å². The van der Waals surface area contributed by atoms with Crippen molar-refractivity contribution in [3.05, 3.63) is 144 Å². The average Bonchev–Trinajstić information content (AvgIpc) is 2.93. The standard InChI is InChI=1S/C34H31N3.CH4/c1-23-17-18-28(19-30(23)25(3)26(4)37-33-15-9-8-11-24(33)2)31-21-35-22-32-29(31)14-10-16-34(32)36-20-27-12-6-5-7-13-27;/h5-19,21-22,36-37H,3-4,20H2,1-2H3;1H4. The van der Waals surface area contributed by atoms with E-state index in [0.29, 0.717) is 0 Å². The average molecular weight is 498 g/mol. The smallest absolute Gasteiger partial charge is 0.0438 e. The highest BCUT2D eigenvalue weighted by Gasteiger charge is 2.13. The van der Waals surface area contributed by atoms with Gasteiger partial charge < -0.3 is 10.6 Å². The van der Waals surface area contributed by atoms with Crippen molar-refractivity contribution in [2.24, 2.45) is 0 Å². The lowest BCUT2D eigenvalue weighted by atomic mass is 9.93. The molecule has 0 fully saturated rings. The van der Waals surface area contributed by atoms with Crippen molar-refractivity contribution < 1.29 is 0 Å². The van der Waals surface area contributed by atoms with Crippen molar-refractivity contribution >= 4 is 27.7 Å². The first-order chi connectivity index (χ1) is 18.0. The number of para-hydroxylation sites is 1. The van der Waals surface area contributed by atoms with E-state index in [9.17, 15) is 0 Å². The molecule has 3 heteroatoms. The Kier molecular flexibility index (Phi) is 8.08. The summed E-state index contributed by atoms with van der Waals surface area (Å²) in [5.41, 5.74) is 10.6. The van der Waals surface area contributed by atoms with E-state index in [0.717, 1.165) is 62.2 Å². The van der Waals surface area contributed by atoms with Crippen LogP contribution in [0.15, 0.2) is 122 Å². The zero-order valence-electron chi connectivity index (χ0n) is 21.4. The van der Waals surface area contributed by atoms with Crippen LogP contribution in [0, 0.1) is 13.8 Å². The lowest BCUT2D eigenvalue weighted by Gasteiger charge is -2.17. The minimum Gasteiger partial charge on any atom is -0.380 e. The fourth-order valence-corrected chi connectivity index (χ4v) is 4.60. The van der Waals surface area contributed by atoms with Crippen LogP contribution in [0.25, 0.3) is 27.5 Å². The lowest BCUT2D eigenvalue weighted by Crippen LogP contribution is -2.03. The molecule has 0 aliphatic heterocycles. The molecule has 2 N–H and O–H groups in total. The number of rotatable bonds is 8. The van der Waals surface area contributed by atoms with Crippen molar-refractivity contribution in [3.63, 3.8) is 0 Å². The Hall–Kier alpha value is -4.63. The lowest BCUT2D eigenvalue weighted by molar-refractivity contribution is 1.15. The van der Waals surface area contributed by atoms with E-state index < -0.39 is 0 Å². The quantitative estimate of drug-likeness (QED) is 0.210. The third-order valence-corrected chi connectivity index (χ3v) is 6.80. The minimum absolute atomic E-state index is 0. The number of hydrogen-bond donors (Lipinski definition) is 2. The first-order valence-corrected chi connectivity index (χ1v) is 12.5. The molecule has 1 heterocycles. The van der Waals surface area contributed by atoms with E-state index in [4.69, 9.17) is 0 Å². The van der Waals surface area contributed by atoms with Gasteiger partial charge in [-0.05, 0) is 70.8 Å². The molecule has 0 saturated heterocycles. The fraction of sp³-hybridized carbons (Fsp3) is 0.114. The predicted molar refractivity (Wildman–Crippen MR) is 165 cm³/mol. The second-order valence-electron chi connectivity index (χ2n) is 9.35. The molecule has 5 aromatic rings. The molecule has 0 aliphatic rings. The van der Waals surface area contributed by atoms with Crippen LogP contribution in [0.2, 0.25) is 0 Å². The summed E-state index contributed by atoms with van der Waals surface area (Å²) in [5.74, 6) is 0. The highest BCUT2D eigenvalue weighted by Crippen LogP contribution is 2.35. The maximum Gasteiger partial charge on any atom is 0.0438 e. The van der Waals surface area contributed by atoms with Crippen LogP contribution in [0.3, 0.4) is 0 Å². The summed E-state index contributed by atoms with van der Waals surface area (Å²) in [4.78, 5) is 4.61. The first kappa shape index (κ1) is 26.4. The molecule has 5 rings (SSSR count). The second kappa shape index (κ2) is 11.6. The fourth-order valence-electron chi connectivity index (χ4n) is 4.60. The predicted octanol–water partition coefficient (Wildman–Crippen LogP) is 9.41. The van der Waals surface area contributed by atoms with E-state index in [1.54, 1.807) is 0 Å². The molecule has 0 aliphatic carbocycles. The molecule has 0 unspecified atom stereocenters. The van der Waals surface area contributed by atoms with E-state index in [1.165, 1.54) is 11.1 Å². The van der Waals surface area contributed by atoms with Crippen molar-refractivity contribution in [2.45, 2.75) is 27.8 Å². The molecular weight excluding hydrogens is 462 g/mol. The molecule has 0 saturated carbocycles. The van der Waals surface area contributed by atoms with Gasteiger partial charge in [0, 0.05) is 47.0 Å². The van der Waals surface area contributed by atoms with Crippen LogP contribution >= 0.6 is 0 Å². The Morgan fingerprint density at radius 2 is 1.47 bits per heavy atom. The maximum absolute atomic E-state index is 4.61. The Morgan fingerprint density at radius 1 is 0.737 bits per heavy atom. The van der Waals surface area contributed by atoms with Gasteiger partial charge >= 0.3 is 0 Å². The Labute approximate surface area is 226 Å². The number of fused-ring (bicyclic) bond motifs is 1. The Morgan fingerprint density at radius 3 is 2.26 bits per heavy atom. The summed E-state index contributed by atoms with van der Waals surface area (Å²) in [6.07, 6.45) is 3.88. The van der Waals surface area contributed by atoms with E-state index in [1.807, 2.05) is 30.6 Å². The number of pyridine rings is 1. The Balaban J connectivity index is 0.00000336. The van der Waals surface area contributed by atoms with Gasteiger partial charge in [-0.15, -0.1) is 0 Å². The molecular formula is C35H35N3. The van der Waals surface area contributed by atoms with Gasteiger partial charge in [-0.2, -0.15) is 0 Å². The van der Waals surface area contributed by atoms with Gasteiger partial charge in [0.2, 0.25) is 0 Å². The summed E-state index contributed by atoms with van der Waals surface area (Å²) < 4.78 is 0. The van der Waals surface area contributed by atoms with Gasteiger partial charge in [0.1, 0.15) is 0 Å². The topological polar surface area (TPSA) is 37.0 Å². The van der Waals surface area contributed by atoms with Gasteiger partial charge in [-0.3, -0.25) is 4.98 Å². The van der Waals surface area contributed by atoms with Crippen LogP contribution < -0.4 is 10.6 Å². The number of hydrogen-bond acceptors (Lipinski definition) is 3. The van der Waals surface area contributed by atoms with E-state index >= 15 is 0 Å². The summed E-state index contributed by atoms with van der Waals surface area (Å²) in [7, 11) is 0. The largest absolute Gasteiger partial charge is 0.380 e. The van der Waals surface area contributed by atoms with Gasteiger partial charge in [-0.1, -0.05) is 93.4 Å². The summed E-state index contributed by atoms with van der Waals surface area (Å²) in [6, 6.07) is 31.5. The number of aromatic nitrogens is 1. The number of benzene rings is 4. The maximum atomic E-state index is 4.61. The highest BCUT2D eigenvalue weighted by atomic mass is 14.9. The molecule has 0 bridgehead atoms. The molecule has 0 radical (unpaired) electrons. The van der Waals surface area contributed by atoms with Crippen LogP contribution in [0.5, 0.6) is 0 Å². The van der Waals surface area contributed by atoms with Crippen molar-refractivity contribution in [2.75, 3.05) is 10.6 Å². The first-order valence-electron chi connectivity index (χ1n) is 12.5. The van der Waals surface area contributed by atoms with Gasteiger partial charge in [0.15, 0.2) is 0 Å².